The maximum absolute atomic E-state index is 13.2. The standard InChI is InChI=1S/C32H37N3O4/c1-21-5-6-24-10-12-29(31(36)33-13-14-38-3)22(2)30(24)20-34(21)17-23-18-35(19-23)32(37)27-8-7-26-16-28(39-4)11-9-25(26)15-27/h6-12,15-16,20-21,23H,5,13-14,17-19H2,1-4H3,(H,33,36). The Morgan fingerprint density at radius 1 is 1.03 bits per heavy atom. The van der Waals surface area contributed by atoms with E-state index in [1.54, 1.807) is 14.2 Å². The number of likely N-dealkylation sites (tertiary alicyclic amines) is 1. The van der Waals surface area contributed by atoms with Crippen LogP contribution in [-0.4, -0.2) is 74.7 Å². The molecule has 1 fully saturated rings. The van der Waals surface area contributed by atoms with E-state index in [9.17, 15) is 9.59 Å². The van der Waals surface area contributed by atoms with Crippen molar-refractivity contribution in [2.45, 2.75) is 26.3 Å². The molecule has 1 N–H and O–H groups in total. The van der Waals surface area contributed by atoms with Gasteiger partial charge in [-0.05, 0) is 72.2 Å². The van der Waals surface area contributed by atoms with Gasteiger partial charge in [0, 0.05) is 67.8 Å². The molecule has 1 unspecified atom stereocenters. The van der Waals surface area contributed by atoms with Crippen molar-refractivity contribution in [2.75, 3.05) is 47.0 Å². The molecule has 7 heteroatoms. The van der Waals surface area contributed by atoms with Crippen LogP contribution in [0.4, 0.5) is 0 Å². The van der Waals surface area contributed by atoms with Crippen LogP contribution in [0.5, 0.6) is 5.75 Å². The van der Waals surface area contributed by atoms with Crippen molar-refractivity contribution in [2.24, 2.45) is 5.92 Å². The Balaban J connectivity index is 1.27. The number of hydrogen-bond donors (Lipinski definition) is 1. The monoisotopic (exact) mass is 527 g/mol. The number of ether oxygens (including phenoxy) is 2. The predicted molar refractivity (Wildman–Crippen MR) is 154 cm³/mol. The second-order valence-electron chi connectivity index (χ2n) is 10.6. The lowest BCUT2D eigenvalue weighted by molar-refractivity contribution is 0.0441. The molecule has 0 saturated carbocycles. The molecule has 5 rings (SSSR count). The lowest BCUT2D eigenvalue weighted by Crippen LogP contribution is -2.54. The summed E-state index contributed by atoms with van der Waals surface area (Å²) in [6, 6.07) is 16.0. The van der Waals surface area contributed by atoms with Gasteiger partial charge in [0.05, 0.1) is 13.7 Å². The fourth-order valence-corrected chi connectivity index (χ4v) is 5.48. The molecule has 204 valence electrons. The Bertz CT molecular complexity index is 1510. The van der Waals surface area contributed by atoms with Crippen molar-refractivity contribution in [3.63, 3.8) is 0 Å². The van der Waals surface area contributed by atoms with Gasteiger partial charge in [0.15, 0.2) is 0 Å². The summed E-state index contributed by atoms with van der Waals surface area (Å²) in [7, 11) is 3.28. The smallest absolute Gasteiger partial charge is 0.253 e. The molecule has 2 aliphatic heterocycles. The van der Waals surface area contributed by atoms with Crippen molar-refractivity contribution in [3.8, 4) is 5.75 Å². The summed E-state index contributed by atoms with van der Waals surface area (Å²) in [6.45, 7) is 7.58. The molecule has 0 aromatic heterocycles. The Morgan fingerprint density at radius 3 is 2.56 bits per heavy atom. The molecule has 0 bridgehead atoms. The molecule has 0 radical (unpaired) electrons. The number of rotatable bonds is 8. The number of carbonyl (C=O) groups excluding carboxylic acids is 2. The van der Waals surface area contributed by atoms with Crippen LogP contribution >= 0.6 is 0 Å². The van der Waals surface area contributed by atoms with Crippen molar-refractivity contribution in [1.82, 2.24) is 15.1 Å². The van der Waals surface area contributed by atoms with E-state index < -0.39 is 0 Å². The highest BCUT2D eigenvalue weighted by atomic mass is 16.5. The van der Waals surface area contributed by atoms with Crippen molar-refractivity contribution >= 4 is 34.9 Å². The first-order chi connectivity index (χ1) is 18.9. The molecule has 2 heterocycles. The summed E-state index contributed by atoms with van der Waals surface area (Å²) in [5.74, 6) is 1.21. The van der Waals surface area contributed by atoms with Gasteiger partial charge in [-0.2, -0.15) is 0 Å². The normalized spacial score (nSPS) is 17.0. The minimum absolute atomic E-state index is 0.0782. The third-order valence-corrected chi connectivity index (χ3v) is 7.93. The van der Waals surface area contributed by atoms with Crippen molar-refractivity contribution in [3.05, 3.63) is 75.7 Å². The molecule has 0 spiro atoms. The van der Waals surface area contributed by atoms with Crippen molar-refractivity contribution in [1.29, 1.82) is 0 Å². The largest absolute Gasteiger partial charge is 0.497 e. The van der Waals surface area contributed by atoms with E-state index in [0.29, 0.717) is 30.7 Å². The maximum Gasteiger partial charge on any atom is 0.253 e. The van der Waals surface area contributed by atoms with E-state index >= 15 is 0 Å². The molecular weight excluding hydrogens is 490 g/mol. The van der Waals surface area contributed by atoms with E-state index in [2.05, 4.69) is 29.4 Å². The summed E-state index contributed by atoms with van der Waals surface area (Å²) in [5, 5.41) is 7.28. The minimum Gasteiger partial charge on any atom is -0.497 e. The van der Waals surface area contributed by atoms with Gasteiger partial charge in [0.2, 0.25) is 0 Å². The lowest BCUT2D eigenvalue weighted by atomic mass is 9.96. The van der Waals surface area contributed by atoms with E-state index in [1.807, 2.05) is 60.4 Å². The summed E-state index contributed by atoms with van der Waals surface area (Å²) < 4.78 is 10.4. The molecule has 1 atom stereocenters. The SMILES string of the molecule is COCCNC(=O)c1ccc2c(c1C)=CN(CC1CN(C(=O)c3ccc4cc(OC)ccc4c3)C1)C(C)CC=2. The first kappa shape index (κ1) is 26.8. The van der Waals surface area contributed by atoms with Gasteiger partial charge >= 0.3 is 0 Å². The van der Waals surface area contributed by atoms with E-state index in [1.165, 1.54) is 0 Å². The van der Waals surface area contributed by atoms with Crippen LogP contribution in [0.3, 0.4) is 0 Å². The zero-order chi connectivity index (χ0) is 27.5. The van der Waals surface area contributed by atoms with E-state index in [-0.39, 0.29) is 11.8 Å². The first-order valence-electron chi connectivity index (χ1n) is 13.6. The third-order valence-electron chi connectivity index (χ3n) is 7.93. The summed E-state index contributed by atoms with van der Waals surface area (Å²) in [4.78, 5) is 30.3. The summed E-state index contributed by atoms with van der Waals surface area (Å²) >= 11 is 0. The van der Waals surface area contributed by atoms with Gasteiger partial charge in [-0.1, -0.05) is 24.3 Å². The second-order valence-corrected chi connectivity index (χ2v) is 10.6. The number of carbonyl (C=O) groups is 2. The third kappa shape index (κ3) is 5.64. The Labute approximate surface area is 229 Å². The zero-order valence-corrected chi connectivity index (χ0v) is 23.2. The molecule has 3 aromatic rings. The number of benzene rings is 3. The predicted octanol–water partition coefficient (Wildman–Crippen LogP) is 2.92. The molecule has 7 nitrogen and oxygen atoms in total. The fraction of sp³-hybridized carbons (Fsp3) is 0.375. The number of hydrogen-bond acceptors (Lipinski definition) is 5. The molecular formula is C32H37N3O4. The number of methoxy groups -OCH3 is 2. The van der Waals surface area contributed by atoms with Crippen LogP contribution in [0.15, 0.2) is 48.5 Å². The Morgan fingerprint density at radius 2 is 1.79 bits per heavy atom. The van der Waals surface area contributed by atoms with Gasteiger partial charge in [0.1, 0.15) is 5.75 Å². The van der Waals surface area contributed by atoms with Gasteiger partial charge in [0.25, 0.3) is 11.8 Å². The number of fused-ring (bicyclic) bond motifs is 2. The zero-order valence-electron chi connectivity index (χ0n) is 23.2. The van der Waals surface area contributed by atoms with Gasteiger partial charge in [-0.3, -0.25) is 9.59 Å². The maximum atomic E-state index is 13.2. The first-order valence-corrected chi connectivity index (χ1v) is 13.6. The lowest BCUT2D eigenvalue weighted by Gasteiger charge is -2.42. The molecule has 39 heavy (non-hydrogen) atoms. The average molecular weight is 528 g/mol. The van der Waals surface area contributed by atoms with E-state index in [0.717, 1.165) is 64.1 Å². The highest BCUT2D eigenvalue weighted by molar-refractivity contribution is 5.99. The number of nitrogens with zero attached hydrogens (tertiary/aromatic N) is 2. The van der Waals surface area contributed by atoms with Crippen molar-refractivity contribution < 1.29 is 19.1 Å². The van der Waals surface area contributed by atoms with E-state index in [4.69, 9.17) is 9.47 Å². The van der Waals surface area contributed by atoms with Crippen LogP contribution < -0.4 is 20.5 Å². The van der Waals surface area contributed by atoms with Gasteiger partial charge < -0.3 is 24.6 Å². The highest BCUT2D eigenvalue weighted by Crippen LogP contribution is 2.25. The average Bonchev–Trinajstić information content (AvgIpc) is 3.08. The molecule has 1 saturated heterocycles. The minimum atomic E-state index is -0.0782. The fourth-order valence-electron chi connectivity index (χ4n) is 5.48. The van der Waals surface area contributed by atoms with Crippen LogP contribution in [0.2, 0.25) is 0 Å². The molecule has 2 aliphatic rings. The summed E-state index contributed by atoms with van der Waals surface area (Å²) in [6.07, 6.45) is 5.41. The molecule has 2 amide bonds. The van der Waals surface area contributed by atoms with Gasteiger partial charge in [-0.15, -0.1) is 0 Å². The van der Waals surface area contributed by atoms with Crippen LogP contribution in [0, 0.1) is 12.8 Å². The number of amides is 2. The molecule has 0 aliphatic carbocycles. The highest BCUT2D eigenvalue weighted by Gasteiger charge is 2.33. The van der Waals surface area contributed by atoms with Crippen LogP contribution in [-0.2, 0) is 4.74 Å². The second kappa shape index (κ2) is 11.5. The quantitative estimate of drug-likeness (QED) is 0.456. The molecule has 3 aromatic carbocycles. The van der Waals surface area contributed by atoms with Crippen LogP contribution in [0.1, 0.15) is 39.6 Å². The Kier molecular flexibility index (Phi) is 7.89. The number of nitrogens with one attached hydrogen (secondary N) is 1. The topological polar surface area (TPSA) is 71.1 Å². The van der Waals surface area contributed by atoms with Gasteiger partial charge in [-0.25, -0.2) is 0 Å². The Hall–Kier alpha value is -3.84. The van der Waals surface area contributed by atoms with Crippen LogP contribution in [0.25, 0.3) is 23.0 Å². The summed E-state index contributed by atoms with van der Waals surface area (Å²) in [5.41, 5.74) is 2.40.